The largest absolute Gasteiger partial charge is 0.374 e. The third-order valence-electron chi connectivity index (χ3n) is 2.75. The highest BCUT2D eigenvalue weighted by molar-refractivity contribution is 5.63. The van der Waals surface area contributed by atoms with E-state index in [0.29, 0.717) is 25.0 Å². The zero-order valence-electron chi connectivity index (χ0n) is 8.82. The van der Waals surface area contributed by atoms with Crippen LogP contribution in [0.5, 0.6) is 0 Å². The SMILES string of the molecule is NC1CC(Nc2c(F)cc(F)cc2[N+](=O)[O-])C1. The number of halogens is 2. The van der Waals surface area contributed by atoms with Crippen molar-refractivity contribution in [3.05, 3.63) is 33.9 Å². The summed E-state index contributed by atoms with van der Waals surface area (Å²) in [5, 5.41) is 13.4. The number of nitro groups is 1. The molecule has 0 aromatic heterocycles. The average Bonchev–Trinajstić information content (AvgIpc) is 2.18. The summed E-state index contributed by atoms with van der Waals surface area (Å²) in [7, 11) is 0. The van der Waals surface area contributed by atoms with Crippen LogP contribution in [0.3, 0.4) is 0 Å². The molecule has 0 unspecified atom stereocenters. The second-order valence-electron chi connectivity index (χ2n) is 4.11. The Morgan fingerprint density at radius 3 is 2.59 bits per heavy atom. The summed E-state index contributed by atoms with van der Waals surface area (Å²) < 4.78 is 26.3. The van der Waals surface area contributed by atoms with Gasteiger partial charge in [-0.2, -0.15) is 0 Å². The fourth-order valence-electron chi connectivity index (χ4n) is 1.83. The lowest BCUT2D eigenvalue weighted by Gasteiger charge is -2.33. The van der Waals surface area contributed by atoms with Crippen LogP contribution in [-0.2, 0) is 0 Å². The highest BCUT2D eigenvalue weighted by Gasteiger charge is 2.29. The molecule has 1 aliphatic carbocycles. The minimum absolute atomic E-state index is 0.0371. The molecule has 0 amide bonds. The van der Waals surface area contributed by atoms with Gasteiger partial charge in [-0.15, -0.1) is 0 Å². The lowest BCUT2D eigenvalue weighted by molar-refractivity contribution is -0.384. The number of nitrogens with zero attached hydrogens (tertiary/aromatic N) is 1. The fraction of sp³-hybridized carbons (Fsp3) is 0.400. The lowest BCUT2D eigenvalue weighted by Crippen LogP contribution is -2.44. The normalized spacial score (nSPS) is 23.0. The minimum Gasteiger partial charge on any atom is -0.374 e. The van der Waals surface area contributed by atoms with Gasteiger partial charge in [0.15, 0.2) is 5.82 Å². The van der Waals surface area contributed by atoms with Crippen molar-refractivity contribution in [2.24, 2.45) is 5.73 Å². The van der Waals surface area contributed by atoms with Crippen molar-refractivity contribution < 1.29 is 13.7 Å². The van der Waals surface area contributed by atoms with E-state index in [2.05, 4.69) is 5.32 Å². The predicted molar refractivity (Wildman–Crippen MR) is 57.6 cm³/mol. The summed E-state index contributed by atoms with van der Waals surface area (Å²) in [5.74, 6) is -1.93. The lowest BCUT2D eigenvalue weighted by atomic mass is 9.87. The molecule has 1 aliphatic rings. The van der Waals surface area contributed by atoms with Gasteiger partial charge in [0.05, 0.1) is 11.0 Å². The molecule has 1 fully saturated rings. The van der Waals surface area contributed by atoms with Crippen LogP contribution in [0, 0.1) is 21.7 Å². The first kappa shape index (κ1) is 11.7. The van der Waals surface area contributed by atoms with Crippen molar-refractivity contribution in [2.45, 2.75) is 24.9 Å². The standard InChI is InChI=1S/C10H11F2N3O2/c11-5-1-8(12)10(9(2-5)15(16)17)14-7-3-6(13)4-7/h1-2,6-7,14H,3-4,13H2. The van der Waals surface area contributed by atoms with Gasteiger partial charge in [0.2, 0.25) is 0 Å². The van der Waals surface area contributed by atoms with Crippen molar-refractivity contribution in [2.75, 3.05) is 5.32 Å². The first-order valence-corrected chi connectivity index (χ1v) is 5.13. The summed E-state index contributed by atoms with van der Waals surface area (Å²) in [6.45, 7) is 0. The van der Waals surface area contributed by atoms with E-state index in [1.165, 1.54) is 0 Å². The highest BCUT2D eigenvalue weighted by atomic mass is 19.1. The average molecular weight is 243 g/mol. The molecule has 3 N–H and O–H groups in total. The summed E-state index contributed by atoms with van der Waals surface area (Å²) in [6, 6.07) is 1.26. The Labute approximate surface area is 95.8 Å². The van der Waals surface area contributed by atoms with E-state index in [4.69, 9.17) is 5.73 Å². The summed E-state index contributed by atoms with van der Waals surface area (Å²) in [5.41, 5.74) is 4.69. The van der Waals surface area contributed by atoms with E-state index in [0.717, 1.165) is 0 Å². The zero-order valence-corrected chi connectivity index (χ0v) is 8.82. The third-order valence-corrected chi connectivity index (χ3v) is 2.75. The summed E-state index contributed by atoms with van der Waals surface area (Å²) in [4.78, 5) is 9.87. The second kappa shape index (κ2) is 4.25. The highest BCUT2D eigenvalue weighted by Crippen LogP contribution is 2.32. The second-order valence-corrected chi connectivity index (χ2v) is 4.11. The van der Waals surface area contributed by atoms with E-state index in [9.17, 15) is 18.9 Å². The van der Waals surface area contributed by atoms with Crippen molar-refractivity contribution in [3.8, 4) is 0 Å². The summed E-state index contributed by atoms with van der Waals surface area (Å²) >= 11 is 0. The molecule has 17 heavy (non-hydrogen) atoms. The Bertz CT molecular complexity index is 461. The van der Waals surface area contributed by atoms with E-state index >= 15 is 0 Å². The molecule has 0 heterocycles. The van der Waals surface area contributed by atoms with E-state index in [1.54, 1.807) is 0 Å². The number of hydrogen-bond donors (Lipinski definition) is 2. The summed E-state index contributed by atoms with van der Waals surface area (Å²) in [6.07, 6.45) is 1.24. The van der Waals surface area contributed by atoms with Gasteiger partial charge in [0, 0.05) is 18.2 Å². The van der Waals surface area contributed by atoms with E-state index < -0.39 is 22.2 Å². The zero-order chi connectivity index (χ0) is 12.6. The van der Waals surface area contributed by atoms with Gasteiger partial charge < -0.3 is 11.1 Å². The molecule has 0 aliphatic heterocycles. The molecule has 7 heteroatoms. The van der Waals surface area contributed by atoms with Crippen LogP contribution < -0.4 is 11.1 Å². The molecule has 2 rings (SSSR count). The van der Waals surface area contributed by atoms with Crippen LogP contribution in [0.15, 0.2) is 12.1 Å². The van der Waals surface area contributed by atoms with Crippen molar-refractivity contribution >= 4 is 11.4 Å². The molecular weight excluding hydrogens is 232 g/mol. The van der Waals surface area contributed by atoms with E-state index in [1.807, 2.05) is 0 Å². The topological polar surface area (TPSA) is 81.2 Å². The Morgan fingerprint density at radius 2 is 2.06 bits per heavy atom. The van der Waals surface area contributed by atoms with Crippen molar-refractivity contribution in [3.63, 3.8) is 0 Å². The first-order valence-electron chi connectivity index (χ1n) is 5.13. The predicted octanol–water partition coefficient (Wildman–Crippen LogP) is 1.77. The molecule has 0 radical (unpaired) electrons. The maximum Gasteiger partial charge on any atom is 0.298 e. The van der Waals surface area contributed by atoms with Gasteiger partial charge in [0.1, 0.15) is 11.5 Å². The van der Waals surface area contributed by atoms with E-state index in [-0.39, 0.29) is 17.8 Å². The number of nitro benzene ring substituents is 1. The van der Waals surface area contributed by atoms with Gasteiger partial charge in [-0.3, -0.25) is 10.1 Å². The third kappa shape index (κ3) is 2.33. The molecule has 1 aromatic carbocycles. The van der Waals surface area contributed by atoms with Gasteiger partial charge in [0.25, 0.3) is 5.69 Å². The van der Waals surface area contributed by atoms with Crippen LogP contribution in [0.2, 0.25) is 0 Å². The Balaban J connectivity index is 2.28. The van der Waals surface area contributed by atoms with Crippen molar-refractivity contribution in [1.82, 2.24) is 0 Å². The molecule has 1 aromatic rings. The maximum absolute atomic E-state index is 13.5. The monoisotopic (exact) mass is 243 g/mol. The van der Waals surface area contributed by atoms with Gasteiger partial charge >= 0.3 is 0 Å². The Kier molecular flexibility index (Phi) is 2.93. The fourth-order valence-corrected chi connectivity index (χ4v) is 1.83. The van der Waals surface area contributed by atoms with Gasteiger partial charge in [-0.25, -0.2) is 8.78 Å². The molecule has 0 spiro atoms. The number of nitrogens with two attached hydrogens (primary N) is 1. The molecule has 5 nitrogen and oxygen atoms in total. The van der Waals surface area contributed by atoms with Crippen LogP contribution in [-0.4, -0.2) is 17.0 Å². The first-order chi connectivity index (χ1) is 7.97. The van der Waals surface area contributed by atoms with Crippen LogP contribution in [0.1, 0.15) is 12.8 Å². The number of hydrogen-bond acceptors (Lipinski definition) is 4. The molecule has 0 atom stereocenters. The van der Waals surface area contributed by atoms with Crippen LogP contribution >= 0.6 is 0 Å². The number of benzene rings is 1. The molecule has 0 saturated heterocycles. The maximum atomic E-state index is 13.5. The number of anilines is 1. The Hall–Kier alpha value is -1.76. The number of rotatable bonds is 3. The molecular formula is C10H11F2N3O2. The Morgan fingerprint density at radius 1 is 1.41 bits per heavy atom. The minimum atomic E-state index is -0.968. The van der Waals surface area contributed by atoms with Crippen LogP contribution in [0.25, 0.3) is 0 Å². The molecule has 0 bridgehead atoms. The van der Waals surface area contributed by atoms with Crippen LogP contribution in [0.4, 0.5) is 20.2 Å². The van der Waals surface area contributed by atoms with Gasteiger partial charge in [-0.1, -0.05) is 0 Å². The number of nitrogens with one attached hydrogen (secondary N) is 1. The van der Waals surface area contributed by atoms with Crippen molar-refractivity contribution in [1.29, 1.82) is 0 Å². The molecule has 92 valence electrons. The molecule has 1 saturated carbocycles. The quantitative estimate of drug-likeness (QED) is 0.626. The smallest absolute Gasteiger partial charge is 0.298 e. The van der Waals surface area contributed by atoms with Gasteiger partial charge in [-0.05, 0) is 12.8 Å².